The van der Waals surface area contributed by atoms with E-state index >= 15 is 0 Å². The lowest BCUT2D eigenvalue weighted by Gasteiger charge is -2.21. The lowest BCUT2D eigenvalue weighted by molar-refractivity contribution is -0.150. The molecule has 2 rings (SSSR count). The van der Waals surface area contributed by atoms with Gasteiger partial charge in [0, 0.05) is 6.04 Å². The van der Waals surface area contributed by atoms with E-state index < -0.39 is 58.5 Å². The van der Waals surface area contributed by atoms with Crippen LogP contribution in [0.2, 0.25) is 0 Å². The van der Waals surface area contributed by atoms with Crippen molar-refractivity contribution in [3.8, 4) is 0 Å². The van der Waals surface area contributed by atoms with E-state index in [-0.39, 0.29) is 0 Å². The summed E-state index contributed by atoms with van der Waals surface area (Å²) in [6, 6.07) is -0.550. The Kier molecular flexibility index (Phi) is 4.57. The minimum absolute atomic E-state index is 0.394. The van der Waals surface area contributed by atoms with E-state index in [0.717, 1.165) is 0 Å². The van der Waals surface area contributed by atoms with Gasteiger partial charge in [-0.1, -0.05) is 0 Å². The van der Waals surface area contributed by atoms with Gasteiger partial charge in [0.1, 0.15) is 11.1 Å². The summed E-state index contributed by atoms with van der Waals surface area (Å²) in [6.07, 6.45) is -10.1. The number of aromatic carboxylic acids is 1. The number of ether oxygens (including phenoxy) is 1. The van der Waals surface area contributed by atoms with E-state index in [1.54, 1.807) is 0 Å². The van der Waals surface area contributed by atoms with Crippen molar-refractivity contribution in [2.45, 2.75) is 31.2 Å². The number of carboxylic acid groups (broad SMARTS) is 1. The second-order valence-electron chi connectivity index (χ2n) is 5.14. The van der Waals surface area contributed by atoms with Crippen molar-refractivity contribution in [1.29, 1.82) is 0 Å². The maximum atomic E-state index is 13.2. The Bertz CT molecular complexity index is 725. The van der Waals surface area contributed by atoms with Gasteiger partial charge in [0.2, 0.25) is 0 Å². The monoisotopic (exact) mass is 372 g/mol. The number of esters is 1. The molecule has 0 aliphatic heterocycles. The molecular formula is C13H10F6N2O4. The number of alkyl halides is 6. The molecule has 1 aromatic rings. The number of pyridine rings is 1. The van der Waals surface area contributed by atoms with Crippen LogP contribution in [0.3, 0.4) is 0 Å². The average Bonchev–Trinajstić information content (AvgIpc) is 3.26. The highest BCUT2D eigenvalue weighted by Gasteiger charge is 2.47. The number of nitrogens with one attached hydrogen (secondary N) is 1. The molecule has 0 saturated heterocycles. The van der Waals surface area contributed by atoms with Gasteiger partial charge >= 0.3 is 24.3 Å². The number of nitrogens with zero attached hydrogens (tertiary/aromatic N) is 1. The fraction of sp³-hybridized carbons (Fsp3) is 0.462. The van der Waals surface area contributed by atoms with E-state index in [4.69, 9.17) is 5.11 Å². The predicted molar refractivity (Wildman–Crippen MR) is 69.2 cm³/mol. The summed E-state index contributed by atoms with van der Waals surface area (Å²) < 4.78 is 82.9. The Hall–Kier alpha value is -2.53. The van der Waals surface area contributed by atoms with Crippen LogP contribution in [-0.4, -0.2) is 35.2 Å². The van der Waals surface area contributed by atoms with Gasteiger partial charge in [-0.05, 0) is 12.8 Å². The van der Waals surface area contributed by atoms with Crippen molar-refractivity contribution in [2.75, 3.05) is 12.4 Å². The normalized spacial score (nSPS) is 15.0. The molecule has 0 aromatic carbocycles. The molecule has 0 radical (unpaired) electrons. The van der Waals surface area contributed by atoms with Crippen molar-refractivity contribution in [3.63, 3.8) is 0 Å². The molecule has 1 aliphatic carbocycles. The minimum atomic E-state index is -5.48. The molecule has 1 fully saturated rings. The van der Waals surface area contributed by atoms with Crippen LogP contribution in [0.15, 0.2) is 0 Å². The molecule has 25 heavy (non-hydrogen) atoms. The lowest BCUT2D eigenvalue weighted by atomic mass is 10.0. The number of carboxylic acids is 1. The summed E-state index contributed by atoms with van der Waals surface area (Å²) in [4.78, 5) is 25.5. The number of aromatic nitrogens is 1. The maximum Gasteiger partial charge on any atom is 0.434 e. The lowest BCUT2D eigenvalue weighted by Crippen LogP contribution is -2.27. The molecule has 0 bridgehead atoms. The zero-order chi connectivity index (χ0) is 19.2. The second-order valence-corrected chi connectivity index (χ2v) is 5.14. The highest BCUT2D eigenvalue weighted by molar-refractivity contribution is 6.05. The molecule has 138 valence electrons. The Labute approximate surface area is 135 Å². The van der Waals surface area contributed by atoms with Crippen molar-refractivity contribution in [2.24, 2.45) is 0 Å². The fourth-order valence-electron chi connectivity index (χ4n) is 2.08. The van der Waals surface area contributed by atoms with Crippen LogP contribution in [-0.2, 0) is 17.1 Å². The molecule has 1 heterocycles. The zero-order valence-corrected chi connectivity index (χ0v) is 12.4. The summed E-state index contributed by atoms with van der Waals surface area (Å²) in [5.41, 5.74) is -8.47. The Morgan fingerprint density at radius 3 is 1.92 bits per heavy atom. The topological polar surface area (TPSA) is 88.5 Å². The third kappa shape index (κ3) is 3.77. The summed E-state index contributed by atoms with van der Waals surface area (Å²) in [6.45, 7) is 0. The van der Waals surface area contributed by atoms with Crippen molar-refractivity contribution in [3.05, 3.63) is 22.5 Å². The average molecular weight is 372 g/mol. The van der Waals surface area contributed by atoms with Crippen molar-refractivity contribution in [1.82, 2.24) is 4.98 Å². The molecule has 2 N–H and O–H groups in total. The van der Waals surface area contributed by atoms with Crippen molar-refractivity contribution < 1.29 is 45.8 Å². The first-order chi connectivity index (χ1) is 11.4. The standard InChI is InChI=1S/C13H10F6N2O4/c1-25-11(24)6-7(20-4-2-3-4)5(10(22)23)8(12(14,15)16)21-9(6)13(17,18)19/h4H,2-3H2,1H3,(H,20,21)(H,22,23). The smallest absolute Gasteiger partial charge is 0.434 e. The van der Waals surface area contributed by atoms with Crippen LogP contribution >= 0.6 is 0 Å². The fourth-order valence-corrected chi connectivity index (χ4v) is 2.08. The summed E-state index contributed by atoms with van der Waals surface area (Å²) in [5.74, 6) is -3.83. The van der Waals surface area contributed by atoms with E-state index in [2.05, 4.69) is 15.0 Å². The number of hydrogen-bond acceptors (Lipinski definition) is 5. The first-order valence-corrected chi connectivity index (χ1v) is 6.68. The van der Waals surface area contributed by atoms with Gasteiger partial charge in [-0.2, -0.15) is 26.3 Å². The highest BCUT2D eigenvalue weighted by Crippen LogP contribution is 2.42. The second kappa shape index (κ2) is 6.08. The summed E-state index contributed by atoms with van der Waals surface area (Å²) >= 11 is 0. The number of halogens is 6. The van der Waals surface area contributed by atoms with Crippen LogP contribution in [0.25, 0.3) is 0 Å². The van der Waals surface area contributed by atoms with Crippen LogP contribution < -0.4 is 5.32 Å². The number of carbonyl (C=O) groups is 2. The first kappa shape index (κ1) is 18.8. The number of rotatable bonds is 4. The third-order valence-electron chi connectivity index (χ3n) is 3.26. The molecule has 12 heteroatoms. The van der Waals surface area contributed by atoms with Gasteiger partial charge in [-0.25, -0.2) is 14.6 Å². The molecule has 1 saturated carbocycles. The van der Waals surface area contributed by atoms with Crippen LogP contribution in [0.5, 0.6) is 0 Å². The molecule has 0 amide bonds. The summed E-state index contributed by atoms with van der Waals surface area (Å²) in [7, 11) is 0.710. The predicted octanol–water partition coefficient (Wildman–Crippen LogP) is 3.18. The quantitative estimate of drug-likeness (QED) is 0.624. The summed E-state index contributed by atoms with van der Waals surface area (Å²) in [5, 5.41) is 11.4. The van der Waals surface area contributed by atoms with Gasteiger partial charge in [-0.3, -0.25) is 0 Å². The minimum Gasteiger partial charge on any atom is -0.478 e. The number of anilines is 1. The molecular weight excluding hydrogens is 362 g/mol. The molecule has 1 aromatic heterocycles. The maximum absolute atomic E-state index is 13.2. The van der Waals surface area contributed by atoms with E-state index in [1.807, 2.05) is 0 Å². The Morgan fingerprint density at radius 2 is 1.56 bits per heavy atom. The van der Waals surface area contributed by atoms with Crippen LogP contribution in [0, 0.1) is 0 Å². The van der Waals surface area contributed by atoms with Gasteiger partial charge in [0.15, 0.2) is 11.4 Å². The van der Waals surface area contributed by atoms with Gasteiger partial charge in [-0.15, -0.1) is 0 Å². The number of methoxy groups -OCH3 is 1. The van der Waals surface area contributed by atoms with Gasteiger partial charge in [0.25, 0.3) is 0 Å². The van der Waals surface area contributed by atoms with Gasteiger partial charge < -0.3 is 15.2 Å². The molecule has 1 aliphatic rings. The number of hydrogen-bond donors (Lipinski definition) is 2. The molecule has 0 unspecified atom stereocenters. The van der Waals surface area contributed by atoms with Crippen LogP contribution in [0.1, 0.15) is 44.9 Å². The van der Waals surface area contributed by atoms with E-state index in [1.165, 1.54) is 0 Å². The number of carbonyl (C=O) groups excluding carboxylic acids is 1. The molecule has 0 spiro atoms. The Balaban J connectivity index is 2.94. The zero-order valence-electron chi connectivity index (χ0n) is 12.4. The van der Waals surface area contributed by atoms with Gasteiger partial charge in [0.05, 0.1) is 12.8 Å². The Morgan fingerprint density at radius 1 is 1.08 bits per heavy atom. The van der Waals surface area contributed by atoms with E-state index in [9.17, 15) is 35.9 Å². The first-order valence-electron chi connectivity index (χ1n) is 6.68. The van der Waals surface area contributed by atoms with Crippen molar-refractivity contribution >= 4 is 17.6 Å². The molecule has 0 atom stereocenters. The molecule has 6 nitrogen and oxygen atoms in total. The van der Waals surface area contributed by atoms with E-state index in [0.29, 0.717) is 20.0 Å². The third-order valence-corrected chi connectivity index (χ3v) is 3.26. The SMILES string of the molecule is COC(=O)c1c(C(F)(F)F)nc(C(F)(F)F)c(C(=O)O)c1NC1CC1. The highest BCUT2D eigenvalue weighted by atomic mass is 19.4. The largest absolute Gasteiger partial charge is 0.478 e. The van der Waals surface area contributed by atoms with Crippen LogP contribution in [0.4, 0.5) is 32.0 Å².